The van der Waals surface area contributed by atoms with E-state index < -0.39 is 6.04 Å². The van der Waals surface area contributed by atoms with Gasteiger partial charge >= 0.3 is 5.97 Å². The summed E-state index contributed by atoms with van der Waals surface area (Å²) in [5.74, 6) is -0.385. The Morgan fingerprint density at radius 3 is 2.44 bits per heavy atom. The number of carbonyl (C=O) groups excluding carboxylic acids is 1. The highest BCUT2D eigenvalue weighted by Gasteiger charge is 2.17. The van der Waals surface area contributed by atoms with Gasteiger partial charge in [0, 0.05) is 13.1 Å². The summed E-state index contributed by atoms with van der Waals surface area (Å²) < 4.78 is 4.83. The minimum Gasteiger partial charge on any atom is -0.465 e. The molecule has 0 spiro atoms. The van der Waals surface area contributed by atoms with Crippen LogP contribution >= 0.6 is 0 Å². The maximum Gasteiger partial charge on any atom is 0.325 e. The zero-order chi connectivity index (χ0) is 12.4. The number of esters is 1. The summed E-state index contributed by atoms with van der Waals surface area (Å²) in [6, 6.07) is -0.601. The van der Waals surface area contributed by atoms with Crippen LogP contribution in [0.1, 0.15) is 20.8 Å². The van der Waals surface area contributed by atoms with Crippen molar-refractivity contribution in [3.8, 4) is 0 Å². The van der Waals surface area contributed by atoms with Gasteiger partial charge in [0.25, 0.3) is 0 Å². The Kier molecular flexibility index (Phi) is 9.18. The first-order chi connectivity index (χ1) is 7.69. The molecule has 0 rings (SSSR count). The van der Waals surface area contributed by atoms with Gasteiger partial charge in [0.15, 0.2) is 0 Å². The average Bonchev–Trinajstić information content (AvgIpc) is 2.30. The fourth-order valence-electron chi connectivity index (χ4n) is 1.40. The minimum atomic E-state index is -0.601. The van der Waals surface area contributed by atoms with E-state index in [0.29, 0.717) is 13.2 Å². The van der Waals surface area contributed by atoms with Crippen LogP contribution in [0.25, 0.3) is 0 Å². The summed E-state index contributed by atoms with van der Waals surface area (Å²) in [5.41, 5.74) is 0. The zero-order valence-corrected chi connectivity index (χ0v) is 10.5. The summed E-state index contributed by atoms with van der Waals surface area (Å²) in [5, 5.41) is 12.0. The summed E-state index contributed by atoms with van der Waals surface area (Å²) in [7, 11) is 0. The number of carbonyl (C=O) groups is 1. The van der Waals surface area contributed by atoms with Crippen molar-refractivity contribution in [2.75, 3.05) is 39.4 Å². The standard InChI is InChI=1S/C11H24N2O3/c1-4-13(5-2)8-7-12-10(9-14)11(15)16-6-3/h10,12,14H,4-9H2,1-3H3. The number of hydrogen-bond acceptors (Lipinski definition) is 5. The molecule has 0 saturated heterocycles. The molecule has 2 N–H and O–H groups in total. The molecule has 5 heteroatoms. The second kappa shape index (κ2) is 9.57. The Labute approximate surface area is 97.8 Å². The van der Waals surface area contributed by atoms with Gasteiger partial charge in [0.2, 0.25) is 0 Å². The fraction of sp³-hybridized carbons (Fsp3) is 0.909. The molecule has 1 unspecified atom stereocenters. The molecule has 0 fully saturated rings. The quantitative estimate of drug-likeness (QED) is 0.541. The molecule has 0 aliphatic heterocycles. The number of nitrogens with one attached hydrogen (secondary N) is 1. The Morgan fingerprint density at radius 2 is 2.00 bits per heavy atom. The number of aliphatic hydroxyl groups is 1. The predicted molar refractivity (Wildman–Crippen MR) is 63.3 cm³/mol. The van der Waals surface area contributed by atoms with E-state index in [-0.39, 0.29) is 12.6 Å². The maximum atomic E-state index is 11.3. The molecule has 0 aromatic rings. The molecule has 0 radical (unpaired) electrons. The van der Waals surface area contributed by atoms with E-state index in [0.717, 1.165) is 19.6 Å². The highest BCUT2D eigenvalue weighted by molar-refractivity contribution is 5.75. The van der Waals surface area contributed by atoms with Gasteiger partial charge in [-0.1, -0.05) is 13.8 Å². The summed E-state index contributed by atoms with van der Waals surface area (Å²) in [4.78, 5) is 13.6. The van der Waals surface area contributed by atoms with Crippen molar-refractivity contribution in [2.45, 2.75) is 26.8 Å². The van der Waals surface area contributed by atoms with Crippen molar-refractivity contribution >= 4 is 5.97 Å². The lowest BCUT2D eigenvalue weighted by Gasteiger charge is -2.20. The molecule has 0 saturated carbocycles. The van der Waals surface area contributed by atoms with Crippen molar-refractivity contribution in [3.63, 3.8) is 0 Å². The van der Waals surface area contributed by atoms with Crippen molar-refractivity contribution in [2.24, 2.45) is 0 Å². The van der Waals surface area contributed by atoms with Crippen LogP contribution in [0.4, 0.5) is 0 Å². The van der Waals surface area contributed by atoms with Gasteiger partial charge in [0.05, 0.1) is 13.2 Å². The third-order valence-corrected chi connectivity index (χ3v) is 2.47. The number of hydrogen-bond donors (Lipinski definition) is 2. The van der Waals surface area contributed by atoms with E-state index >= 15 is 0 Å². The Bertz CT molecular complexity index is 184. The zero-order valence-electron chi connectivity index (χ0n) is 10.5. The highest BCUT2D eigenvalue weighted by Crippen LogP contribution is 1.90. The maximum absolute atomic E-state index is 11.3. The molecule has 0 heterocycles. The van der Waals surface area contributed by atoms with E-state index in [1.807, 2.05) is 0 Å². The normalized spacial score (nSPS) is 12.8. The van der Waals surface area contributed by atoms with Crippen molar-refractivity contribution < 1.29 is 14.6 Å². The number of likely N-dealkylation sites (N-methyl/N-ethyl adjacent to an activating group) is 1. The SMILES string of the molecule is CCOC(=O)C(CO)NCCN(CC)CC. The molecule has 0 aromatic carbocycles. The minimum absolute atomic E-state index is 0.225. The Hall–Kier alpha value is -0.650. The van der Waals surface area contributed by atoms with Gasteiger partial charge in [-0.25, -0.2) is 0 Å². The van der Waals surface area contributed by atoms with Crippen molar-refractivity contribution in [3.05, 3.63) is 0 Å². The van der Waals surface area contributed by atoms with Gasteiger partial charge in [-0.05, 0) is 20.0 Å². The van der Waals surface area contributed by atoms with E-state index in [9.17, 15) is 4.79 Å². The van der Waals surface area contributed by atoms with Crippen molar-refractivity contribution in [1.29, 1.82) is 0 Å². The molecule has 96 valence electrons. The Balaban J connectivity index is 3.82. The first-order valence-electron chi connectivity index (χ1n) is 5.92. The van der Waals surface area contributed by atoms with Gasteiger partial charge in [0.1, 0.15) is 6.04 Å². The van der Waals surface area contributed by atoms with Crippen LogP contribution < -0.4 is 5.32 Å². The fourth-order valence-corrected chi connectivity index (χ4v) is 1.40. The average molecular weight is 232 g/mol. The first-order valence-corrected chi connectivity index (χ1v) is 5.92. The smallest absolute Gasteiger partial charge is 0.325 e. The number of nitrogens with zero attached hydrogens (tertiary/aromatic N) is 1. The van der Waals surface area contributed by atoms with Crippen LogP contribution in [0.5, 0.6) is 0 Å². The van der Waals surface area contributed by atoms with Gasteiger partial charge < -0.3 is 20.1 Å². The van der Waals surface area contributed by atoms with E-state index in [1.54, 1.807) is 6.92 Å². The molecule has 0 aromatic heterocycles. The van der Waals surface area contributed by atoms with E-state index in [4.69, 9.17) is 9.84 Å². The number of ether oxygens (including phenoxy) is 1. The second-order valence-corrected chi connectivity index (χ2v) is 3.47. The summed E-state index contributed by atoms with van der Waals surface area (Å²) >= 11 is 0. The lowest BCUT2D eigenvalue weighted by atomic mass is 10.3. The predicted octanol–water partition coefficient (Wildman–Crippen LogP) is -0.158. The van der Waals surface area contributed by atoms with Gasteiger partial charge in [-0.15, -0.1) is 0 Å². The molecule has 5 nitrogen and oxygen atoms in total. The summed E-state index contributed by atoms with van der Waals surface area (Å²) in [6.45, 7) is 9.57. The number of aliphatic hydroxyl groups excluding tert-OH is 1. The topological polar surface area (TPSA) is 61.8 Å². The molecule has 0 aliphatic rings. The molecule has 16 heavy (non-hydrogen) atoms. The molecular formula is C11H24N2O3. The third kappa shape index (κ3) is 6.05. The third-order valence-electron chi connectivity index (χ3n) is 2.47. The van der Waals surface area contributed by atoms with Crippen LogP contribution in [-0.2, 0) is 9.53 Å². The highest BCUT2D eigenvalue weighted by atomic mass is 16.5. The Morgan fingerprint density at radius 1 is 1.38 bits per heavy atom. The van der Waals surface area contributed by atoms with Crippen LogP contribution in [-0.4, -0.2) is 61.4 Å². The van der Waals surface area contributed by atoms with E-state index in [1.165, 1.54) is 0 Å². The number of rotatable bonds is 9. The van der Waals surface area contributed by atoms with Crippen LogP contribution in [0.3, 0.4) is 0 Å². The van der Waals surface area contributed by atoms with Gasteiger partial charge in [-0.2, -0.15) is 0 Å². The van der Waals surface area contributed by atoms with E-state index in [2.05, 4.69) is 24.1 Å². The van der Waals surface area contributed by atoms with Crippen LogP contribution in [0.2, 0.25) is 0 Å². The molecule has 0 amide bonds. The molecular weight excluding hydrogens is 208 g/mol. The second-order valence-electron chi connectivity index (χ2n) is 3.47. The lowest BCUT2D eigenvalue weighted by molar-refractivity contribution is -0.146. The monoisotopic (exact) mass is 232 g/mol. The molecule has 0 aliphatic carbocycles. The first kappa shape index (κ1) is 15.3. The van der Waals surface area contributed by atoms with Crippen molar-refractivity contribution in [1.82, 2.24) is 10.2 Å². The summed E-state index contributed by atoms with van der Waals surface area (Å²) in [6.07, 6.45) is 0. The molecule has 1 atom stereocenters. The largest absolute Gasteiger partial charge is 0.465 e. The van der Waals surface area contributed by atoms with Crippen LogP contribution in [0.15, 0.2) is 0 Å². The van der Waals surface area contributed by atoms with Gasteiger partial charge in [-0.3, -0.25) is 4.79 Å². The molecule has 0 bridgehead atoms. The van der Waals surface area contributed by atoms with Crippen LogP contribution in [0, 0.1) is 0 Å². The lowest BCUT2D eigenvalue weighted by Crippen LogP contribution is -2.44.